The van der Waals surface area contributed by atoms with E-state index in [1.54, 1.807) is 5.57 Å². The van der Waals surface area contributed by atoms with Gasteiger partial charge in [0.15, 0.2) is 0 Å². The SMILES string of the molecule is C1=C(/c2ccccc2)CCCCCCCCCCCCC/1. The molecule has 0 spiro atoms. The molecule has 1 aliphatic carbocycles. The van der Waals surface area contributed by atoms with Crippen LogP contribution >= 0.6 is 0 Å². The number of hydrogen-bond acceptors (Lipinski definition) is 0. The number of benzene rings is 1. The maximum Gasteiger partial charge on any atom is -0.0228 e. The van der Waals surface area contributed by atoms with Crippen LogP contribution in [0.4, 0.5) is 0 Å². The van der Waals surface area contributed by atoms with Gasteiger partial charge in [0.2, 0.25) is 0 Å². The molecule has 0 saturated carbocycles. The van der Waals surface area contributed by atoms with Gasteiger partial charge >= 0.3 is 0 Å². The summed E-state index contributed by atoms with van der Waals surface area (Å²) in [6.07, 6.45) is 20.8. The van der Waals surface area contributed by atoms with Crippen molar-refractivity contribution in [3.63, 3.8) is 0 Å². The number of hydrogen-bond donors (Lipinski definition) is 0. The molecule has 2 rings (SSSR count). The maximum absolute atomic E-state index is 2.52. The molecule has 1 aromatic rings. The summed E-state index contributed by atoms with van der Waals surface area (Å²) in [6, 6.07) is 11.0. The minimum Gasteiger partial charge on any atom is -0.0807 e. The average molecular weight is 284 g/mol. The van der Waals surface area contributed by atoms with Gasteiger partial charge in [0.1, 0.15) is 0 Å². The second-order valence-corrected chi connectivity index (χ2v) is 6.52. The molecule has 21 heavy (non-hydrogen) atoms. The van der Waals surface area contributed by atoms with E-state index in [0.717, 1.165) is 0 Å². The topological polar surface area (TPSA) is 0 Å². The van der Waals surface area contributed by atoms with Crippen LogP contribution < -0.4 is 0 Å². The quantitative estimate of drug-likeness (QED) is 0.513. The summed E-state index contributed by atoms with van der Waals surface area (Å²) < 4.78 is 0. The van der Waals surface area contributed by atoms with Gasteiger partial charge in [-0.1, -0.05) is 94.2 Å². The maximum atomic E-state index is 2.52. The van der Waals surface area contributed by atoms with Crippen molar-refractivity contribution in [1.82, 2.24) is 0 Å². The smallest absolute Gasteiger partial charge is 0.0228 e. The third-order valence-corrected chi connectivity index (χ3v) is 4.69. The largest absolute Gasteiger partial charge is 0.0807 e. The van der Waals surface area contributed by atoms with Crippen LogP contribution in [0.15, 0.2) is 36.4 Å². The predicted molar refractivity (Wildman–Crippen MR) is 94.4 cm³/mol. The molecule has 0 heterocycles. The van der Waals surface area contributed by atoms with E-state index in [1.165, 1.54) is 89.0 Å². The zero-order valence-corrected chi connectivity index (χ0v) is 13.7. The first-order valence-corrected chi connectivity index (χ1v) is 9.21. The molecule has 0 unspecified atom stereocenters. The Morgan fingerprint density at radius 2 is 1.05 bits per heavy atom. The normalized spacial score (nSPS) is 22.6. The molecule has 0 atom stereocenters. The first-order chi connectivity index (χ1) is 10.5. The summed E-state index contributed by atoms with van der Waals surface area (Å²) in [5.41, 5.74) is 3.03. The summed E-state index contributed by atoms with van der Waals surface area (Å²) >= 11 is 0. The fraction of sp³-hybridized carbons (Fsp3) is 0.619. The van der Waals surface area contributed by atoms with Crippen LogP contribution in [-0.2, 0) is 0 Å². The summed E-state index contributed by atoms with van der Waals surface area (Å²) in [6.45, 7) is 0. The Bertz CT molecular complexity index is 388. The predicted octanol–water partition coefficient (Wildman–Crippen LogP) is 7.15. The Labute approximate surface area is 131 Å². The average Bonchev–Trinajstić information content (AvgIpc) is 2.54. The van der Waals surface area contributed by atoms with Gasteiger partial charge in [-0.25, -0.2) is 0 Å². The van der Waals surface area contributed by atoms with Gasteiger partial charge in [0, 0.05) is 0 Å². The van der Waals surface area contributed by atoms with Crippen molar-refractivity contribution in [2.24, 2.45) is 0 Å². The van der Waals surface area contributed by atoms with Gasteiger partial charge in [-0.3, -0.25) is 0 Å². The van der Waals surface area contributed by atoms with Crippen molar-refractivity contribution in [3.05, 3.63) is 42.0 Å². The van der Waals surface area contributed by atoms with Crippen molar-refractivity contribution >= 4 is 5.57 Å². The van der Waals surface area contributed by atoms with Gasteiger partial charge in [0.05, 0.1) is 0 Å². The van der Waals surface area contributed by atoms with E-state index in [4.69, 9.17) is 0 Å². The monoisotopic (exact) mass is 284 g/mol. The van der Waals surface area contributed by atoms with Crippen molar-refractivity contribution in [2.45, 2.75) is 83.5 Å². The van der Waals surface area contributed by atoms with E-state index >= 15 is 0 Å². The molecule has 0 aliphatic heterocycles. The molecular formula is C21H32. The summed E-state index contributed by atoms with van der Waals surface area (Å²) in [5, 5.41) is 0. The summed E-state index contributed by atoms with van der Waals surface area (Å²) in [4.78, 5) is 0. The third kappa shape index (κ3) is 6.98. The fourth-order valence-electron chi connectivity index (χ4n) is 3.34. The van der Waals surface area contributed by atoms with Crippen molar-refractivity contribution in [3.8, 4) is 0 Å². The van der Waals surface area contributed by atoms with E-state index in [-0.39, 0.29) is 0 Å². The molecule has 0 nitrogen and oxygen atoms in total. The van der Waals surface area contributed by atoms with Crippen molar-refractivity contribution < 1.29 is 0 Å². The van der Waals surface area contributed by atoms with Crippen LogP contribution in [0.2, 0.25) is 0 Å². The Kier molecular flexibility index (Phi) is 8.29. The Morgan fingerprint density at radius 1 is 0.524 bits per heavy atom. The molecule has 0 radical (unpaired) electrons. The number of rotatable bonds is 1. The highest BCUT2D eigenvalue weighted by Gasteiger charge is 2.02. The Balaban J connectivity index is 1.90. The molecule has 0 amide bonds. The van der Waals surface area contributed by atoms with Gasteiger partial charge in [-0.15, -0.1) is 0 Å². The zero-order chi connectivity index (χ0) is 14.6. The van der Waals surface area contributed by atoms with E-state index in [9.17, 15) is 0 Å². The van der Waals surface area contributed by atoms with E-state index in [2.05, 4.69) is 36.4 Å². The first kappa shape index (κ1) is 16.3. The Hall–Kier alpha value is -1.04. The number of allylic oxidation sites excluding steroid dienone is 2. The molecule has 0 bridgehead atoms. The first-order valence-electron chi connectivity index (χ1n) is 9.21. The lowest BCUT2D eigenvalue weighted by Crippen LogP contribution is -1.87. The molecule has 0 heteroatoms. The molecule has 116 valence electrons. The highest BCUT2D eigenvalue weighted by molar-refractivity contribution is 5.65. The second kappa shape index (κ2) is 10.7. The second-order valence-electron chi connectivity index (χ2n) is 6.52. The molecule has 1 aromatic carbocycles. The van der Waals surface area contributed by atoms with E-state index in [0.29, 0.717) is 0 Å². The van der Waals surface area contributed by atoms with Crippen molar-refractivity contribution in [2.75, 3.05) is 0 Å². The van der Waals surface area contributed by atoms with Crippen molar-refractivity contribution in [1.29, 1.82) is 0 Å². The highest BCUT2D eigenvalue weighted by atomic mass is 14.1. The lowest BCUT2D eigenvalue weighted by Gasteiger charge is -2.08. The lowest BCUT2D eigenvalue weighted by molar-refractivity contribution is 0.550. The van der Waals surface area contributed by atoms with Gasteiger partial charge < -0.3 is 0 Å². The van der Waals surface area contributed by atoms with Crippen LogP contribution in [0.1, 0.15) is 89.0 Å². The minimum absolute atomic E-state index is 1.27. The van der Waals surface area contributed by atoms with Crippen LogP contribution in [0.3, 0.4) is 0 Å². The summed E-state index contributed by atoms with van der Waals surface area (Å²) in [7, 11) is 0. The van der Waals surface area contributed by atoms with Gasteiger partial charge in [0.25, 0.3) is 0 Å². The lowest BCUT2D eigenvalue weighted by atomic mass is 9.97. The van der Waals surface area contributed by atoms with Gasteiger partial charge in [-0.2, -0.15) is 0 Å². The third-order valence-electron chi connectivity index (χ3n) is 4.69. The van der Waals surface area contributed by atoms with Crippen LogP contribution in [-0.4, -0.2) is 0 Å². The highest BCUT2D eigenvalue weighted by Crippen LogP contribution is 2.23. The molecule has 0 N–H and O–H groups in total. The van der Waals surface area contributed by atoms with E-state index in [1.807, 2.05) is 0 Å². The molecule has 1 aliphatic rings. The van der Waals surface area contributed by atoms with Crippen LogP contribution in [0.25, 0.3) is 5.57 Å². The molecule has 0 aromatic heterocycles. The van der Waals surface area contributed by atoms with Crippen LogP contribution in [0, 0.1) is 0 Å². The van der Waals surface area contributed by atoms with Crippen LogP contribution in [0.5, 0.6) is 0 Å². The minimum atomic E-state index is 1.27. The molecule has 0 saturated heterocycles. The molecule has 0 fully saturated rings. The standard InChI is InChI=1S/C21H32/c1-2-4-6-8-10-13-17-20(16-12-9-7-5-3-1)21-18-14-11-15-19-21/h11,14-16,18-19H,1-10,12-13,17H2/b20-16+. The Morgan fingerprint density at radius 3 is 1.67 bits per heavy atom. The molecular weight excluding hydrogens is 252 g/mol. The van der Waals surface area contributed by atoms with Gasteiger partial charge in [-0.05, 0) is 36.8 Å². The fourth-order valence-corrected chi connectivity index (χ4v) is 3.34. The van der Waals surface area contributed by atoms with E-state index < -0.39 is 0 Å². The zero-order valence-electron chi connectivity index (χ0n) is 13.7. The summed E-state index contributed by atoms with van der Waals surface area (Å²) in [5.74, 6) is 0.